The van der Waals surface area contributed by atoms with E-state index in [1.165, 1.54) is 6.42 Å². The Kier molecular flexibility index (Phi) is 4.43. The van der Waals surface area contributed by atoms with Gasteiger partial charge in [0.25, 0.3) is 5.91 Å². The van der Waals surface area contributed by atoms with E-state index in [1.807, 2.05) is 17.9 Å². The number of rotatable bonds is 2. The summed E-state index contributed by atoms with van der Waals surface area (Å²) in [5.74, 6) is 1.60. The van der Waals surface area contributed by atoms with Gasteiger partial charge in [-0.2, -0.15) is 0 Å². The molecule has 0 aliphatic carbocycles. The fourth-order valence-electron chi connectivity index (χ4n) is 3.46. The van der Waals surface area contributed by atoms with Crippen molar-refractivity contribution in [2.45, 2.75) is 45.6 Å². The van der Waals surface area contributed by atoms with Gasteiger partial charge in [-0.3, -0.25) is 9.69 Å². The first kappa shape index (κ1) is 15.4. The Morgan fingerprint density at radius 1 is 1.18 bits per heavy atom. The Balaban J connectivity index is 1.81. The van der Waals surface area contributed by atoms with Gasteiger partial charge in [0.1, 0.15) is 11.5 Å². The van der Waals surface area contributed by atoms with Crippen LogP contribution in [0.4, 0.5) is 0 Å². The number of aromatic nitrogens is 2. The summed E-state index contributed by atoms with van der Waals surface area (Å²) in [5.41, 5.74) is 1.45. The molecule has 5 heteroatoms. The second-order valence-corrected chi connectivity index (χ2v) is 6.87. The summed E-state index contributed by atoms with van der Waals surface area (Å²) in [7, 11) is 2.11. The van der Waals surface area contributed by atoms with Gasteiger partial charge < -0.3 is 4.90 Å². The predicted molar refractivity (Wildman–Crippen MR) is 85.7 cm³/mol. The zero-order valence-electron chi connectivity index (χ0n) is 13.9. The van der Waals surface area contributed by atoms with Crippen LogP contribution in [0.1, 0.15) is 60.7 Å². The number of piperidine rings is 1. The molecule has 1 amide bonds. The highest BCUT2D eigenvalue weighted by atomic mass is 16.2. The summed E-state index contributed by atoms with van der Waals surface area (Å²) < 4.78 is 0. The van der Waals surface area contributed by atoms with Crippen molar-refractivity contribution in [3.8, 4) is 0 Å². The van der Waals surface area contributed by atoms with Crippen molar-refractivity contribution < 1.29 is 4.79 Å². The summed E-state index contributed by atoms with van der Waals surface area (Å²) >= 11 is 0. The molecule has 1 aromatic rings. The van der Waals surface area contributed by atoms with E-state index < -0.39 is 0 Å². The fraction of sp³-hybridized carbons (Fsp3) is 0.706. The molecule has 2 aliphatic rings. The second-order valence-electron chi connectivity index (χ2n) is 6.87. The molecule has 2 saturated heterocycles. The lowest BCUT2D eigenvalue weighted by Gasteiger charge is -2.30. The van der Waals surface area contributed by atoms with Crippen LogP contribution in [-0.2, 0) is 0 Å². The first-order valence-corrected chi connectivity index (χ1v) is 8.39. The van der Waals surface area contributed by atoms with Gasteiger partial charge in [0, 0.05) is 18.8 Å². The number of amides is 1. The summed E-state index contributed by atoms with van der Waals surface area (Å²) in [6.07, 6.45) is 4.43. The van der Waals surface area contributed by atoms with Gasteiger partial charge in [0.15, 0.2) is 0 Å². The van der Waals surface area contributed by atoms with Crippen LogP contribution in [0.25, 0.3) is 0 Å². The van der Waals surface area contributed by atoms with E-state index in [9.17, 15) is 4.79 Å². The van der Waals surface area contributed by atoms with Gasteiger partial charge in [0.2, 0.25) is 0 Å². The maximum Gasteiger partial charge on any atom is 0.272 e. The highest BCUT2D eigenvalue weighted by molar-refractivity contribution is 5.92. The number of hydrogen-bond acceptors (Lipinski definition) is 4. The van der Waals surface area contributed by atoms with E-state index in [2.05, 4.69) is 28.8 Å². The van der Waals surface area contributed by atoms with Crippen LogP contribution in [0.3, 0.4) is 0 Å². The molecule has 0 saturated carbocycles. The van der Waals surface area contributed by atoms with Crippen LogP contribution in [0.2, 0.25) is 0 Å². The van der Waals surface area contributed by atoms with E-state index in [1.54, 1.807) is 0 Å². The van der Waals surface area contributed by atoms with Crippen LogP contribution in [0.5, 0.6) is 0 Å². The fourth-order valence-corrected chi connectivity index (χ4v) is 3.46. The minimum absolute atomic E-state index is 0.0688. The minimum atomic E-state index is 0.0688. The maximum absolute atomic E-state index is 12.7. The van der Waals surface area contributed by atoms with Crippen molar-refractivity contribution in [1.82, 2.24) is 19.8 Å². The normalized spacial score (nSPS) is 24.0. The first-order valence-electron chi connectivity index (χ1n) is 8.39. The van der Waals surface area contributed by atoms with Crippen molar-refractivity contribution in [3.05, 3.63) is 23.3 Å². The van der Waals surface area contributed by atoms with Crippen LogP contribution in [-0.4, -0.2) is 52.4 Å². The number of carbonyl (C=O) groups excluding carboxylic acids is 1. The van der Waals surface area contributed by atoms with Crippen LogP contribution in [0.15, 0.2) is 6.07 Å². The Bertz CT molecular complexity index is 552. The van der Waals surface area contributed by atoms with Crippen molar-refractivity contribution in [2.24, 2.45) is 5.92 Å². The minimum Gasteiger partial charge on any atom is -0.337 e. The molecule has 3 heterocycles. The molecular weight excluding hydrogens is 276 g/mol. The first-order chi connectivity index (χ1) is 10.5. The van der Waals surface area contributed by atoms with E-state index in [-0.39, 0.29) is 11.9 Å². The Labute approximate surface area is 132 Å². The number of hydrogen-bond donors (Lipinski definition) is 0. The van der Waals surface area contributed by atoms with Crippen molar-refractivity contribution >= 4 is 5.91 Å². The molecule has 120 valence electrons. The Hall–Kier alpha value is -1.49. The number of aryl methyl sites for hydroxylation is 1. The van der Waals surface area contributed by atoms with Gasteiger partial charge in [-0.25, -0.2) is 9.97 Å². The molecule has 0 aromatic carbocycles. The second kappa shape index (κ2) is 6.32. The lowest BCUT2D eigenvalue weighted by Crippen LogP contribution is -2.38. The molecule has 3 rings (SSSR count). The number of carbonyl (C=O) groups is 1. The highest BCUT2D eigenvalue weighted by Gasteiger charge is 2.28. The van der Waals surface area contributed by atoms with Gasteiger partial charge in [-0.15, -0.1) is 0 Å². The highest BCUT2D eigenvalue weighted by Crippen LogP contribution is 2.28. The third-order valence-electron chi connectivity index (χ3n) is 4.98. The maximum atomic E-state index is 12.7. The zero-order chi connectivity index (χ0) is 15.7. The number of likely N-dealkylation sites (tertiary alicyclic amines) is 2. The molecule has 0 bridgehead atoms. The Morgan fingerprint density at radius 3 is 2.55 bits per heavy atom. The SMILES string of the molecule is Cc1cc(C(=O)N2CCC(C)CC2)nc(C2CCCN2C)n1. The van der Waals surface area contributed by atoms with Gasteiger partial charge in [-0.05, 0) is 58.2 Å². The molecule has 2 aliphatic heterocycles. The summed E-state index contributed by atoms with van der Waals surface area (Å²) in [6, 6.07) is 2.09. The largest absolute Gasteiger partial charge is 0.337 e. The van der Waals surface area contributed by atoms with Crippen molar-refractivity contribution in [1.29, 1.82) is 0 Å². The molecule has 0 spiro atoms. The standard InChI is InChI=1S/C17H26N4O/c1-12-6-9-21(10-7-12)17(22)14-11-13(2)18-16(19-14)15-5-4-8-20(15)3/h11-12,15H,4-10H2,1-3H3. The topological polar surface area (TPSA) is 49.3 Å². The average molecular weight is 302 g/mol. The smallest absolute Gasteiger partial charge is 0.272 e. The molecule has 1 unspecified atom stereocenters. The van der Waals surface area contributed by atoms with Gasteiger partial charge in [-0.1, -0.05) is 6.92 Å². The third kappa shape index (κ3) is 3.14. The summed E-state index contributed by atoms with van der Waals surface area (Å²) in [5, 5.41) is 0. The lowest BCUT2D eigenvalue weighted by molar-refractivity contribution is 0.0690. The molecular formula is C17H26N4O. The quantitative estimate of drug-likeness (QED) is 0.842. The molecule has 0 radical (unpaired) electrons. The molecule has 1 atom stereocenters. The zero-order valence-corrected chi connectivity index (χ0v) is 13.9. The predicted octanol–water partition coefficient (Wildman–Crippen LogP) is 2.42. The molecule has 0 N–H and O–H groups in total. The van der Waals surface area contributed by atoms with Gasteiger partial charge >= 0.3 is 0 Å². The van der Waals surface area contributed by atoms with E-state index >= 15 is 0 Å². The summed E-state index contributed by atoms with van der Waals surface area (Å²) in [6.45, 7) is 6.98. The average Bonchev–Trinajstić information content (AvgIpc) is 2.93. The van der Waals surface area contributed by atoms with Crippen LogP contribution >= 0.6 is 0 Å². The number of nitrogens with zero attached hydrogens (tertiary/aromatic N) is 4. The van der Waals surface area contributed by atoms with Crippen LogP contribution < -0.4 is 0 Å². The van der Waals surface area contributed by atoms with Crippen LogP contribution in [0, 0.1) is 12.8 Å². The van der Waals surface area contributed by atoms with E-state index in [0.29, 0.717) is 5.69 Å². The van der Waals surface area contributed by atoms with Crippen molar-refractivity contribution in [3.63, 3.8) is 0 Å². The van der Waals surface area contributed by atoms with Crippen molar-refractivity contribution in [2.75, 3.05) is 26.7 Å². The molecule has 1 aromatic heterocycles. The molecule has 2 fully saturated rings. The summed E-state index contributed by atoms with van der Waals surface area (Å²) in [4.78, 5) is 26.2. The Morgan fingerprint density at radius 2 is 1.91 bits per heavy atom. The monoisotopic (exact) mass is 302 g/mol. The van der Waals surface area contributed by atoms with E-state index in [0.717, 1.165) is 56.3 Å². The van der Waals surface area contributed by atoms with E-state index in [4.69, 9.17) is 0 Å². The third-order valence-corrected chi connectivity index (χ3v) is 4.98. The molecule has 5 nitrogen and oxygen atoms in total. The lowest BCUT2D eigenvalue weighted by atomic mass is 9.99. The molecule has 22 heavy (non-hydrogen) atoms. The van der Waals surface area contributed by atoms with Gasteiger partial charge in [0.05, 0.1) is 6.04 Å².